The first kappa shape index (κ1) is 28.6. The number of rotatable bonds is 4. The highest BCUT2D eigenvalue weighted by molar-refractivity contribution is 7.96. The van der Waals surface area contributed by atoms with Crippen LogP contribution in [-0.4, -0.2) is 50.4 Å². The van der Waals surface area contributed by atoms with E-state index in [0.29, 0.717) is 32.3 Å². The van der Waals surface area contributed by atoms with Gasteiger partial charge in [0.05, 0.1) is 23.7 Å². The highest BCUT2D eigenvalue weighted by Crippen LogP contribution is 2.59. The molecule has 7 nitrogen and oxygen atoms in total. The second-order valence-corrected chi connectivity index (χ2v) is 13.4. The monoisotopic (exact) mass is 582 g/mol. The molecule has 2 saturated carbocycles. The van der Waals surface area contributed by atoms with Crippen LogP contribution in [-0.2, 0) is 25.5 Å². The van der Waals surface area contributed by atoms with Gasteiger partial charge in [-0.15, -0.1) is 12.6 Å². The number of aliphatic hydroxyl groups excluding tert-OH is 1. The molecule has 9 heteroatoms. The first-order chi connectivity index (χ1) is 19.5. The molecule has 6 atom stereocenters. The zero-order chi connectivity index (χ0) is 29.0. The van der Waals surface area contributed by atoms with Crippen molar-refractivity contribution >= 4 is 29.8 Å². The Labute approximate surface area is 245 Å². The average molecular weight is 583 g/mol. The third-order valence-corrected chi connectivity index (χ3v) is 10.8. The van der Waals surface area contributed by atoms with E-state index in [0.717, 1.165) is 55.5 Å². The summed E-state index contributed by atoms with van der Waals surface area (Å²) in [4.78, 5) is 26.4. The number of benzene rings is 1. The molecule has 2 heterocycles. The summed E-state index contributed by atoms with van der Waals surface area (Å²) in [7, 11) is 0. The third-order valence-electron chi connectivity index (χ3n) is 10.5. The summed E-state index contributed by atoms with van der Waals surface area (Å²) in [5, 5.41) is 15.9. The molecule has 3 aliphatic carbocycles. The Balaban J connectivity index is 1.30. The second-order valence-electron chi connectivity index (χ2n) is 13.0. The van der Waals surface area contributed by atoms with Gasteiger partial charge in [-0.1, -0.05) is 19.4 Å². The highest BCUT2D eigenvalue weighted by Gasteiger charge is 2.64. The molecule has 3 fully saturated rings. The molecule has 220 valence electrons. The van der Waals surface area contributed by atoms with Crippen molar-refractivity contribution in [1.29, 1.82) is 0 Å². The zero-order valence-electron chi connectivity index (χ0n) is 23.8. The van der Waals surface area contributed by atoms with Crippen molar-refractivity contribution in [3.63, 3.8) is 0 Å². The van der Waals surface area contributed by atoms with E-state index in [1.165, 1.54) is 17.7 Å². The van der Waals surface area contributed by atoms with Crippen LogP contribution in [0.3, 0.4) is 0 Å². The van der Waals surface area contributed by atoms with Gasteiger partial charge in [-0.3, -0.25) is 4.79 Å². The number of aliphatic hydroxyl groups is 1. The predicted octanol–water partition coefficient (Wildman–Crippen LogP) is 5.62. The molecule has 0 radical (unpaired) electrons. The number of fused-ring (bicyclic) bond motifs is 3. The maximum Gasteiger partial charge on any atom is 0.336 e. The van der Waals surface area contributed by atoms with Gasteiger partial charge >= 0.3 is 5.97 Å². The molecule has 2 aromatic rings. The molecular weight excluding hydrogens is 543 g/mol. The number of esters is 1. The number of thiol groups is 1. The fraction of sp³-hybridized carbons (Fsp3) is 0.594. The summed E-state index contributed by atoms with van der Waals surface area (Å²) in [5.41, 5.74) is 1.73. The normalized spacial score (nSPS) is 35.1. The van der Waals surface area contributed by atoms with E-state index in [9.17, 15) is 19.1 Å². The number of hydrogen-bond acceptors (Lipinski definition) is 6. The number of carbonyl (C=O) groups is 2. The quantitative estimate of drug-likeness (QED) is 0.360. The molecule has 41 heavy (non-hydrogen) atoms. The van der Waals surface area contributed by atoms with Gasteiger partial charge in [-0.25, -0.2) is 13.9 Å². The Bertz CT molecular complexity index is 1370. The van der Waals surface area contributed by atoms with Gasteiger partial charge < -0.3 is 14.6 Å². The van der Waals surface area contributed by atoms with Crippen molar-refractivity contribution < 1.29 is 28.6 Å². The van der Waals surface area contributed by atoms with Gasteiger partial charge in [0.15, 0.2) is 11.7 Å². The van der Waals surface area contributed by atoms with Crippen LogP contribution in [0.2, 0.25) is 0 Å². The first-order valence-corrected chi connectivity index (χ1v) is 15.3. The Hall–Kier alpha value is -2.49. The van der Waals surface area contributed by atoms with Crippen molar-refractivity contribution in [2.24, 2.45) is 16.7 Å². The first-order valence-electron chi connectivity index (χ1n) is 14.8. The minimum absolute atomic E-state index is 0.0967. The molecular formula is C32H39FN2O5S. The summed E-state index contributed by atoms with van der Waals surface area (Å²) in [6, 6.07) is 6.34. The van der Waals surface area contributed by atoms with Crippen molar-refractivity contribution in [2.75, 3.05) is 6.61 Å². The number of nitrogens with zero attached hydrogens (tertiary/aromatic N) is 2. The zero-order valence-corrected chi connectivity index (χ0v) is 24.7. The Morgan fingerprint density at radius 3 is 2.63 bits per heavy atom. The molecule has 4 aliphatic rings. The maximum absolute atomic E-state index is 13.6. The molecule has 0 amide bonds. The predicted molar refractivity (Wildman–Crippen MR) is 155 cm³/mol. The van der Waals surface area contributed by atoms with E-state index in [1.807, 2.05) is 17.8 Å². The van der Waals surface area contributed by atoms with Crippen LogP contribution in [0.4, 0.5) is 4.39 Å². The number of aromatic nitrogens is 2. The molecule has 1 N–H and O–H groups in total. The van der Waals surface area contributed by atoms with Crippen LogP contribution < -0.4 is 0 Å². The molecule has 1 aromatic carbocycles. The van der Waals surface area contributed by atoms with Crippen LogP contribution in [0.25, 0.3) is 11.8 Å². The molecule has 1 aromatic heterocycles. The second kappa shape index (κ2) is 10.7. The maximum atomic E-state index is 13.6. The van der Waals surface area contributed by atoms with E-state index in [1.54, 1.807) is 12.1 Å². The lowest BCUT2D eigenvalue weighted by Gasteiger charge is -2.47. The largest absolute Gasteiger partial charge is 0.448 e. The van der Waals surface area contributed by atoms with Crippen molar-refractivity contribution in [3.8, 4) is 5.69 Å². The molecule has 0 spiro atoms. The summed E-state index contributed by atoms with van der Waals surface area (Å²) in [5.74, 6) is -0.681. The Morgan fingerprint density at radius 2 is 1.93 bits per heavy atom. The lowest BCUT2D eigenvalue weighted by Crippen LogP contribution is -2.55. The number of ether oxygens (including phenoxy) is 2. The van der Waals surface area contributed by atoms with Crippen LogP contribution in [0, 0.1) is 22.6 Å². The van der Waals surface area contributed by atoms with Crippen LogP contribution >= 0.6 is 12.6 Å². The smallest absolute Gasteiger partial charge is 0.336 e. The average Bonchev–Trinajstić information content (AvgIpc) is 3.64. The summed E-state index contributed by atoms with van der Waals surface area (Å²) in [6.45, 7) is 4.72. The Morgan fingerprint density at radius 1 is 1.15 bits per heavy atom. The van der Waals surface area contributed by atoms with Crippen LogP contribution in [0.5, 0.6) is 0 Å². The van der Waals surface area contributed by atoms with Gasteiger partial charge in [-0.05, 0) is 111 Å². The SMILES string of the molecule is CC12Cc3cnn(-c4ccc(F)cc4)c3C=C1CCCC1CCC(OC(=O)C3CCCO3)(C(=O)S)C1(C)CC(O)C2. The van der Waals surface area contributed by atoms with E-state index in [2.05, 4.69) is 30.7 Å². The standard InChI is InChI=1S/C32H39FN2O5S/c1-30-16-20-19-34-35(24-10-8-23(33)9-11-24)26(20)15-22(30)6-3-5-21-12-13-32(29(38)41,31(21,2)18-25(36)17-30)40-28(37)27-7-4-14-39-27/h8-11,15,19,21,25,27,36H,3-7,12-14,16-18H2,1-2H3,(H,38,41). The van der Waals surface area contributed by atoms with Crippen molar-refractivity contribution in [3.05, 3.63) is 53.1 Å². The topological polar surface area (TPSA) is 90.7 Å². The minimum Gasteiger partial charge on any atom is -0.448 e. The van der Waals surface area contributed by atoms with Crippen LogP contribution in [0.1, 0.15) is 82.9 Å². The number of halogens is 1. The van der Waals surface area contributed by atoms with Gasteiger partial charge in [0.25, 0.3) is 0 Å². The Kier molecular flexibility index (Phi) is 7.44. The fourth-order valence-electron chi connectivity index (χ4n) is 8.21. The molecule has 1 saturated heterocycles. The highest BCUT2D eigenvalue weighted by atomic mass is 32.1. The molecule has 6 unspecified atom stereocenters. The van der Waals surface area contributed by atoms with Gasteiger partial charge in [0.2, 0.25) is 5.12 Å². The molecule has 6 rings (SSSR count). The van der Waals surface area contributed by atoms with Crippen LogP contribution in [0.15, 0.2) is 36.0 Å². The van der Waals surface area contributed by atoms with Gasteiger partial charge in [0.1, 0.15) is 5.82 Å². The third kappa shape index (κ3) is 4.87. The van der Waals surface area contributed by atoms with E-state index < -0.39 is 34.3 Å². The van der Waals surface area contributed by atoms with E-state index in [-0.39, 0.29) is 17.2 Å². The number of carbonyl (C=O) groups excluding carboxylic acids is 2. The summed E-state index contributed by atoms with van der Waals surface area (Å²) >= 11 is 4.29. The van der Waals surface area contributed by atoms with Gasteiger partial charge in [0, 0.05) is 12.0 Å². The van der Waals surface area contributed by atoms with Crippen molar-refractivity contribution in [1.82, 2.24) is 9.78 Å². The minimum atomic E-state index is -1.39. The van der Waals surface area contributed by atoms with Gasteiger partial charge in [-0.2, -0.15) is 5.10 Å². The lowest BCUT2D eigenvalue weighted by molar-refractivity contribution is -0.188. The number of allylic oxidation sites excluding steroid dienone is 1. The van der Waals surface area contributed by atoms with E-state index in [4.69, 9.17) is 9.47 Å². The summed E-state index contributed by atoms with van der Waals surface area (Å²) in [6.07, 6.45) is 9.41. The number of hydrogen-bond donors (Lipinski definition) is 2. The lowest BCUT2D eigenvalue weighted by atomic mass is 9.61. The summed E-state index contributed by atoms with van der Waals surface area (Å²) < 4.78 is 27.1. The van der Waals surface area contributed by atoms with E-state index >= 15 is 0 Å². The molecule has 0 bridgehead atoms. The molecule has 1 aliphatic heterocycles. The fourth-order valence-corrected chi connectivity index (χ4v) is 8.62. The van der Waals surface area contributed by atoms with Crippen molar-refractivity contribution in [2.45, 2.75) is 95.9 Å².